The Kier molecular flexibility index (Phi) is 9.53. The lowest BCUT2D eigenvalue weighted by atomic mass is 9.96. The van der Waals surface area contributed by atoms with E-state index in [0.29, 0.717) is 19.4 Å². The van der Waals surface area contributed by atoms with E-state index in [-0.39, 0.29) is 12.0 Å². The summed E-state index contributed by atoms with van der Waals surface area (Å²) in [6.45, 7) is 8.51. The first-order chi connectivity index (χ1) is 11.4. The number of hydrogen-bond acceptors (Lipinski definition) is 4. The van der Waals surface area contributed by atoms with Crippen molar-refractivity contribution in [3.63, 3.8) is 0 Å². The Hall–Kier alpha value is -0.930. The van der Waals surface area contributed by atoms with Crippen LogP contribution >= 0.6 is 7.60 Å². The van der Waals surface area contributed by atoms with Gasteiger partial charge in [-0.3, -0.25) is 4.57 Å². The Morgan fingerprint density at radius 2 is 1.75 bits per heavy atom. The third-order valence-electron chi connectivity index (χ3n) is 3.81. The molecule has 2 atom stereocenters. The van der Waals surface area contributed by atoms with Gasteiger partial charge in [0, 0.05) is 13.0 Å². The van der Waals surface area contributed by atoms with E-state index < -0.39 is 7.60 Å². The summed E-state index contributed by atoms with van der Waals surface area (Å²) in [5, 5.41) is 0. The van der Waals surface area contributed by atoms with Gasteiger partial charge < -0.3 is 13.8 Å². The van der Waals surface area contributed by atoms with Gasteiger partial charge in [-0.25, -0.2) is 0 Å². The molecule has 0 amide bonds. The highest BCUT2D eigenvalue weighted by atomic mass is 31.2. The molecule has 0 aromatic heterocycles. The molecule has 0 saturated heterocycles. The molecule has 0 saturated carbocycles. The lowest BCUT2D eigenvalue weighted by molar-refractivity contribution is 0.0744. The Labute approximate surface area is 146 Å². The molecule has 0 aliphatic carbocycles. The van der Waals surface area contributed by atoms with Crippen molar-refractivity contribution in [3.05, 3.63) is 47.5 Å². The molecule has 1 aromatic carbocycles. The summed E-state index contributed by atoms with van der Waals surface area (Å²) in [6, 6.07) is 10.3. The minimum Gasteiger partial charge on any atom is -0.381 e. The van der Waals surface area contributed by atoms with E-state index in [1.807, 2.05) is 39.0 Å². The smallest absolute Gasteiger partial charge is 0.334 e. The predicted molar refractivity (Wildman–Crippen MR) is 99.6 cm³/mol. The highest BCUT2D eigenvalue weighted by Crippen LogP contribution is 2.49. The summed E-state index contributed by atoms with van der Waals surface area (Å²) in [6.07, 6.45) is 3.35. The quantitative estimate of drug-likeness (QED) is 0.410. The molecule has 0 N–H and O–H groups in total. The van der Waals surface area contributed by atoms with E-state index in [4.69, 9.17) is 13.8 Å². The van der Waals surface area contributed by atoms with Crippen LogP contribution in [0.5, 0.6) is 0 Å². The molecule has 4 nitrogen and oxygen atoms in total. The van der Waals surface area contributed by atoms with Gasteiger partial charge in [0.15, 0.2) is 0 Å². The van der Waals surface area contributed by atoms with Crippen LogP contribution in [-0.4, -0.2) is 32.6 Å². The van der Waals surface area contributed by atoms with Crippen LogP contribution in [0, 0.1) is 5.92 Å². The lowest BCUT2D eigenvalue weighted by Crippen LogP contribution is -2.22. The van der Waals surface area contributed by atoms with E-state index >= 15 is 0 Å². The predicted octanol–water partition coefficient (Wildman–Crippen LogP) is 5.09. The van der Waals surface area contributed by atoms with E-state index in [9.17, 15) is 4.57 Å². The second-order valence-corrected chi connectivity index (χ2v) is 8.00. The monoisotopic (exact) mass is 354 g/mol. The van der Waals surface area contributed by atoms with Crippen molar-refractivity contribution in [2.45, 2.75) is 40.2 Å². The van der Waals surface area contributed by atoms with Crippen LogP contribution in [0.1, 0.15) is 33.3 Å². The molecule has 0 bridgehead atoms. The number of allylic oxidation sites excluding steroid dienone is 1. The van der Waals surface area contributed by atoms with Gasteiger partial charge in [0.1, 0.15) is 0 Å². The van der Waals surface area contributed by atoms with Gasteiger partial charge >= 0.3 is 7.60 Å². The first kappa shape index (κ1) is 21.1. The fourth-order valence-electron chi connectivity index (χ4n) is 2.77. The van der Waals surface area contributed by atoms with E-state index in [0.717, 1.165) is 12.0 Å². The molecule has 0 radical (unpaired) electrons. The van der Waals surface area contributed by atoms with Crippen molar-refractivity contribution in [2.75, 3.05) is 26.5 Å². The molecular weight excluding hydrogens is 323 g/mol. The van der Waals surface area contributed by atoms with Crippen molar-refractivity contribution in [2.24, 2.45) is 5.92 Å². The highest BCUT2D eigenvalue weighted by Gasteiger charge is 2.24. The second kappa shape index (κ2) is 10.8. The van der Waals surface area contributed by atoms with Crippen LogP contribution in [0.4, 0.5) is 0 Å². The lowest BCUT2D eigenvalue weighted by Gasteiger charge is -2.22. The third kappa shape index (κ3) is 7.31. The van der Waals surface area contributed by atoms with Crippen molar-refractivity contribution in [3.8, 4) is 0 Å². The van der Waals surface area contributed by atoms with Crippen LogP contribution < -0.4 is 0 Å². The maximum Gasteiger partial charge on any atom is 0.334 e. The van der Waals surface area contributed by atoms with E-state index in [1.54, 1.807) is 7.11 Å². The van der Waals surface area contributed by atoms with Gasteiger partial charge in [0.2, 0.25) is 0 Å². The normalized spacial score (nSPS) is 15.3. The van der Waals surface area contributed by atoms with Gasteiger partial charge in [-0.05, 0) is 32.8 Å². The van der Waals surface area contributed by atoms with Crippen LogP contribution in [0.3, 0.4) is 0 Å². The fourth-order valence-corrected chi connectivity index (χ4v) is 4.53. The molecule has 0 spiro atoms. The van der Waals surface area contributed by atoms with E-state index in [2.05, 4.69) is 25.1 Å². The van der Waals surface area contributed by atoms with E-state index in [1.165, 1.54) is 5.56 Å². The maximum atomic E-state index is 12.6. The number of benzene rings is 1. The SMILES string of the molecule is CCOP(=O)(C/C(C)=C/[C@H](C)[C@H](Cc1ccccc1)OC)OCC. The molecule has 24 heavy (non-hydrogen) atoms. The molecule has 0 unspecified atom stereocenters. The molecule has 0 aliphatic rings. The van der Waals surface area contributed by atoms with Gasteiger partial charge in [-0.15, -0.1) is 0 Å². The minimum absolute atomic E-state index is 0.0703. The summed E-state index contributed by atoms with van der Waals surface area (Å²) < 4.78 is 29.0. The third-order valence-corrected chi connectivity index (χ3v) is 6.00. The summed E-state index contributed by atoms with van der Waals surface area (Å²) >= 11 is 0. The molecule has 0 aliphatic heterocycles. The van der Waals surface area contributed by atoms with Crippen molar-refractivity contribution in [1.29, 1.82) is 0 Å². The zero-order chi connectivity index (χ0) is 18.0. The van der Waals surface area contributed by atoms with Crippen LogP contribution in [0.2, 0.25) is 0 Å². The van der Waals surface area contributed by atoms with Crippen molar-refractivity contribution < 1.29 is 18.3 Å². The number of rotatable bonds is 11. The number of ether oxygens (including phenoxy) is 1. The molecule has 136 valence electrons. The zero-order valence-electron chi connectivity index (χ0n) is 15.5. The standard InChI is InChI=1S/C19H31O4P/c1-6-22-24(20,23-7-2)15-16(3)13-17(4)19(21-5)14-18-11-9-8-10-12-18/h8-13,17,19H,6-7,14-15H2,1-5H3/b16-13+/t17-,19-/m0/s1. The van der Waals surface area contributed by atoms with Gasteiger partial charge in [0.05, 0.1) is 25.5 Å². The molecule has 5 heteroatoms. The molecule has 1 aromatic rings. The Balaban J connectivity index is 2.74. The van der Waals surface area contributed by atoms with Gasteiger partial charge in [0.25, 0.3) is 0 Å². The molecule has 0 fully saturated rings. The molecule has 1 rings (SSSR count). The summed E-state index contributed by atoms with van der Waals surface area (Å²) in [5.41, 5.74) is 2.25. The summed E-state index contributed by atoms with van der Waals surface area (Å²) in [4.78, 5) is 0. The maximum absolute atomic E-state index is 12.6. The Morgan fingerprint density at radius 1 is 1.17 bits per heavy atom. The topological polar surface area (TPSA) is 44.8 Å². The molecule has 0 heterocycles. The summed E-state index contributed by atoms with van der Waals surface area (Å²) in [5.74, 6) is 0.201. The van der Waals surface area contributed by atoms with Crippen LogP contribution in [-0.2, 0) is 24.8 Å². The highest BCUT2D eigenvalue weighted by molar-refractivity contribution is 7.54. The first-order valence-electron chi connectivity index (χ1n) is 8.56. The Morgan fingerprint density at radius 3 is 2.25 bits per heavy atom. The Bertz CT molecular complexity index is 532. The van der Waals surface area contributed by atoms with Crippen molar-refractivity contribution in [1.82, 2.24) is 0 Å². The minimum atomic E-state index is -3.05. The zero-order valence-corrected chi connectivity index (χ0v) is 16.4. The van der Waals surface area contributed by atoms with Crippen LogP contribution in [0.25, 0.3) is 0 Å². The largest absolute Gasteiger partial charge is 0.381 e. The van der Waals surface area contributed by atoms with Crippen LogP contribution in [0.15, 0.2) is 42.0 Å². The molecular formula is C19H31O4P. The fraction of sp³-hybridized carbons (Fsp3) is 0.579. The first-order valence-corrected chi connectivity index (χ1v) is 10.3. The second-order valence-electron chi connectivity index (χ2n) is 5.94. The number of methoxy groups -OCH3 is 1. The van der Waals surface area contributed by atoms with Gasteiger partial charge in [-0.2, -0.15) is 0 Å². The average Bonchev–Trinajstić information content (AvgIpc) is 2.53. The number of hydrogen-bond donors (Lipinski definition) is 0. The average molecular weight is 354 g/mol. The van der Waals surface area contributed by atoms with Crippen molar-refractivity contribution >= 4 is 7.60 Å². The summed E-state index contributed by atoms with van der Waals surface area (Å²) in [7, 11) is -1.31. The van der Waals surface area contributed by atoms with Gasteiger partial charge in [-0.1, -0.05) is 48.9 Å².